The summed E-state index contributed by atoms with van der Waals surface area (Å²) in [6.45, 7) is 2.57. The van der Waals surface area contributed by atoms with Crippen LogP contribution in [0, 0.1) is 0 Å². The first-order valence-electron chi connectivity index (χ1n) is 9.06. The third-order valence-corrected chi connectivity index (χ3v) is 3.77. The van der Waals surface area contributed by atoms with Crippen LogP contribution in [0.15, 0.2) is 47.6 Å². The summed E-state index contributed by atoms with van der Waals surface area (Å²) in [6, 6.07) is 12.6. The molecule has 0 bridgehead atoms. The fourth-order valence-electron chi connectivity index (χ4n) is 2.30. The highest BCUT2D eigenvalue weighted by Crippen LogP contribution is 2.28. The molecule has 150 valence electrons. The second-order valence-corrected chi connectivity index (χ2v) is 5.85. The van der Waals surface area contributed by atoms with Gasteiger partial charge in [-0.05, 0) is 42.3 Å². The summed E-state index contributed by atoms with van der Waals surface area (Å²) in [7, 11) is 3.13. The Kier molecular flexibility index (Phi) is 8.65. The number of carbonyl (C=O) groups excluding carboxylic acids is 1. The molecule has 0 saturated heterocycles. The molecule has 1 N–H and O–H groups in total. The van der Waals surface area contributed by atoms with Crippen LogP contribution in [-0.2, 0) is 4.79 Å². The van der Waals surface area contributed by atoms with E-state index in [9.17, 15) is 4.79 Å². The van der Waals surface area contributed by atoms with Gasteiger partial charge in [0.25, 0.3) is 5.91 Å². The number of rotatable bonds is 11. The maximum atomic E-state index is 11.9. The fourth-order valence-corrected chi connectivity index (χ4v) is 2.30. The molecule has 0 spiro atoms. The molecule has 0 fully saturated rings. The Balaban J connectivity index is 1.86. The van der Waals surface area contributed by atoms with Crippen LogP contribution in [0.3, 0.4) is 0 Å². The van der Waals surface area contributed by atoms with Crippen molar-refractivity contribution in [2.24, 2.45) is 5.10 Å². The number of hydrazone groups is 1. The van der Waals surface area contributed by atoms with Crippen molar-refractivity contribution >= 4 is 12.1 Å². The van der Waals surface area contributed by atoms with Crippen LogP contribution in [0.25, 0.3) is 0 Å². The first kappa shape index (κ1) is 21.1. The van der Waals surface area contributed by atoms with E-state index in [1.165, 1.54) is 6.21 Å². The zero-order valence-corrected chi connectivity index (χ0v) is 16.4. The average Bonchev–Trinajstić information content (AvgIpc) is 2.73. The molecule has 0 heterocycles. The van der Waals surface area contributed by atoms with Crippen molar-refractivity contribution in [2.45, 2.75) is 19.8 Å². The van der Waals surface area contributed by atoms with Crippen LogP contribution in [0.1, 0.15) is 25.3 Å². The van der Waals surface area contributed by atoms with Gasteiger partial charge >= 0.3 is 0 Å². The molecule has 0 atom stereocenters. The molecule has 0 aliphatic carbocycles. The number of unbranched alkanes of at least 4 members (excludes halogenated alkanes) is 1. The van der Waals surface area contributed by atoms with Crippen LogP contribution in [0.5, 0.6) is 23.0 Å². The van der Waals surface area contributed by atoms with Crippen molar-refractivity contribution in [3.63, 3.8) is 0 Å². The van der Waals surface area contributed by atoms with E-state index in [1.54, 1.807) is 38.5 Å². The third kappa shape index (κ3) is 6.50. The smallest absolute Gasteiger partial charge is 0.277 e. The molecule has 2 aromatic carbocycles. The Bertz CT molecular complexity index is 792. The number of para-hydroxylation sites is 2. The molecule has 0 aliphatic heterocycles. The van der Waals surface area contributed by atoms with Crippen LogP contribution in [0.2, 0.25) is 0 Å². The maximum absolute atomic E-state index is 11.9. The van der Waals surface area contributed by atoms with Crippen LogP contribution in [0.4, 0.5) is 0 Å². The summed E-state index contributed by atoms with van der Waals surface area (Å²) in [5.74, 6) is 1.97. The van der Waals surface area contributed by atoms with E-state index in [0.717, 1.165) is 18.4 Å². The number of nitrogens with one attached hydrogen (secondary N) is 1. The zero-order valence-electron chi connectivity index (χ0n) is 16.4. The Morgan fingerprint density at radius 3 is 2.43 bits per heavy atom. The van der Waals surface area contributed by atoms with Crippen molar-refractivity contribution in [2.75, 3.05) is 27.4 Å². The molecule has 2 rings (SSSR count). The highest BCUT2D eigenvalue weighted by atomic mass is 16.5. The third-order valence-electron chi connectivity index (χ3n) is 3.77. The Labute approximate surface area is 165 Å². The van der Waals surface area contributed by atoms with Gasteiger partial charge in [-0.1, -0.05) is 25.5 Å². The monoisotopic (exact) mass is 386 g/mol. The predicted octanol–water partition coefficient (Wildman–Crippen LogP) is 3.41. The van der Waals surface area contributed by atoms with Crippen molar-refractivity contribution in [1.29, 1.82) is 0 Å². The summed E-state index contributed by atoms with van der Waals surface area (Å²) >= 11 is 0. The lowest BCUT2D eigenvalue weighted by atomic mass is 10.2. The molecular weight excluding hydrogens is 360 g/mol. The van der Waals surface area contributed by atoms with E-state index in [1.807, 2.05) is 18.2 Å². The summed E-state index contributed by atoms with van der Waals surface area (Å²) in [5, 5.41) is 3.94. The zero-order chi connectivity index (χ0) is 20.2. The van der Waals surface area contributed by atoms with Gasteiger partial charge in [-0.2, -0.15) is 5.10 Å². The number of hydrogen-bond acceptors (Lipinski definition) is 6. The lowest BCUT2D eigenvalue weighted by Gasteiger charge is -2.11. The van der Waals surface area contributed by atoms with Gasteiger partial charge in [-0.25, -0.2) is 5.43 Å². The van der Waals surface area contributed by atoms with Gasteiger partial charge in [0.15, 0.2) is 29.6 Å². The first-order valence-corrected chi connectivity index (χ1v) is 9.06. The molecule has 2 aromatic rings. The largest absolute Gasteiger partial charge is 0.493 e. The molecule has 1 amide bonds. The number of hydrogen-bond donors (Lipinski definition) is 1. The highest BCUT2D eigenvalue weighted by molar-refractivity contribution is 5.83. The number of benzene rings is 2. The van der Waals surface area contributed by atoms with E-state index >= 15 is 0 Å². The second kappa shape index (κ2) is 11.5. The summed E-state index contributed by atoms with van der Waals surface area (Å²) in [5.41, 5.74) is 3.19. The molecule has 0 unspecified atom stereocenters. The van der Waals surface area contributed by atoms with Gasteiger partial charge < -0.3 is 18.9 Å². The van der Waals surface area contributed by atoms with Crippen molar-refractivity contribution < 1.29 is 23.7 Å². The first-order chi connectivity index (χ1) is 13.7. The topological polar surface area (TPSA) is 78.4 Å². The van der Waals surface area contributed by atoms with Gasteiger partial charge in [-0.15, -0.1) is 0 Å². The normalized spacial score (nSPS) is 10.5. The van der Waals surface area contributed by atoms with Crippen LogP contribution >= 0.6 is 0 Å². The van der Waals surface area contributed by atoms with Crippen LogP contribution < -0.4 is 24.4 Å². The molecule has 0 saturated carbocycles. The van der Waals surface area contributed by atoms with Gasteiger partial charge in [-0.3, -0.25) is 4.79 Å². The number of methoxy groups -OCH3 is 2. The van der Waals surface area contributed by atoms with Crippen molar-refractivity contribution in [3.05, 3.63) is 48.0 Å². The van der Waals surface area contributed by atoms with E-state index in [4.69, 9.17) is 18.9 Å². The van der Waals surface area contributed by atoms with Gasteiger partial charge in [0.1, 0.15) is 0 Å². The number of ether oxygens (including phenoxy) is 4. The van der Waals surface area contributed by atoms with Crippen molar-refractivity contribution in [1.82, 2.24) is 5.43 Å². The molecule has 7 nitrogen and oxygen atoms in total. The molecule has 28 heavy (non-hydrogen) atoms. The number of carbonyl (C=O) groups is 1. The highest BCUT2D eigenvalue weighted by Gasteiger charge is 2.07. The minimum atomic E-state index is -0.381. The SMILES string of the molecule is CCCCOc1ccc(/C=N/NC(=O)COc2ccccc2OC)cc1OC. The summed E-state index contributed by atoms with van der Waals surface area (Å²) in [6.07, 6.45) is 3.57. The van der Waals surface area contributed by atoms with E-state index in [2.05, 4.69) is 17.5 Å². The number of nitrogens with zero attached hydrogens (tertiary/aromatic N) is 1. The maximum Gasteiger partial charge on any atom is 0.277 e. The van der Waals surface area contributed by atoms with Gasteiger partial charge in [0, 0.05) is 0 Å². The molecule has 0 aliphatic rings. The molecule has 7 heteroatoms. The Morgan fingerprint density at radius 2 is 1.71 bits per heavy atom. The standard InChI is InChI=1S/C21H26N2O5/c1-4-5-12-27-19-11-10-16(13-20(19)26-3)14-22-23-21(24)15-28-18-9-7-6-8-17(18)25-2/h6-11,13-14H,4-5,12,15H2,1-3H3,(H,23,24)/b22-14+. The molecule has 0 radical (unpaired) electrons. The van der Waals surface area contributed by atoms with Gasteiger partial charge in [0.05, 0.1) is 27.0 Å². The quantitative estimate of drug-likeness (QED) is 0.364. The van der Waals surface area contributed by atoms with E-state index in [0.29, 0.717) is 29.6 Å². The van der Waals surface area contributed by atoms with Crippen LogP contribution in [-0.4, -0.2) is 39.6 Å². The number of amides is 1. The minimum absolute atomic E-state index is 0.175. The Morgan fingerprint density at radius 1 is 1.00 bits per heavy atom. The van der Waals surface area contributed by atoms with E-state index in [-0.39, 0.29) is 12.5 Å². The molecule has 0 aromatic heterocycles. The lowest BCUT2D eigenvalue weighted by molar-refractivity contribution is -0.123. The van der Waals surface area contributed by atoms with E-state index < -0.39 is 0 Å². The minimum Gasteiger partial charge on any atom is -0.493 e. The predicted molar refractivity (Wildman–Crippen MR) is 108 cm³/mol. The second-order valence-electron chi connectivity index (χ2n) is 5.85. The van der Waals surface area contributed by atoms with Crippen molar-refractivity contribution in [3.8, 4) is 23.0 Å². The Hall–Kier alpha value is -3.22. The summed E-state index contributed by atoms with van der Waals surface area (Å²) in [4.78, 5) is 11.9. The van der Waals surface area contributed by atoms with Gasteiger partial charge in [0.2, 0.25) is 0 Å². The lowest BCUT2D eigenvalue weighted by Crippen LogP contribution is -2.24. The summed E-state index contributed by atoms with van der Waals surface area (Å²) < 4.78 is 21.7. The fraction of sp³-hybridized carbons (Fsp3) is 0.333. The average molecular weight is 386 g/mol. The molecular formula is C21H26N2O5.